The van der Waals surface area contributed by atoms with Crippen molar-refractivity contribution in [2.24, 2.45) is 0 Å². The van der Waals surface area contributed by atoms with E-state index in [1.165, 1.54) is 11.8 Å². The van der Waals surface area contributed by atoms with Crippen LogP contribution in [-0.2, 0) is 17.9 Å². The summed E-state index contributed by atoms with van der Waals surface area (Å²) in [5.74, 6) is 1.94. The van der Waals surface area contributed by atoms with Crippen LogP contribution < -0.4 is 0 Å². The van der Waals surface area contributed by atoms with Crippen LogP contribution in [0.2, 0.25) is 0 Å². The van der Waals surface area contributed by atoms with E-state index in [4.69, 9.17) is 4.42 Å². The third kappa shape index (κ3) is 3.99. The SMILES string of the molecule is CCn1c(SCC(=O)N(C)Cc2ccco2)nnc1-c1ccccc1C. The molecule has 3 rings (SSSR count). The molecule has 0 fully saturated rings. The zero-order valence-electron chi connectivity index (χ0n) is 15.2. The van der Waals surface area contributed by atoms with Crippen molar-refractivity contribution in [3.05, 3.63) is 54.0 Å². The van der Waals surface area contributed by atoms with Gasteiger partial charge in [-0.05, 0) is 31.5 Å². The van der Waals surface area contributed by atoms with E-state index in [1.807, 2.05) is 34.9 Å². The summed E-state index contributed by atoms with van der Waals surface area (Å²) in [5.41, 5.74) is 2.22. The monoisotopic (exact) mass is 370 g/mol. The molecule has 0 saturated carbocycles. The zero-order chi connectivity index (χ0) is 18.5. The van der Waals surface area contributed by atoms with Crippen molar-refractivity contribution in [3.8, 4) is 11.4 Å². The van der Waals surface area contributed by atoms with Crippen LogP contribution in [0.3, 0.4) is 0 Å². The van der Waals surface area contributed by atoms with Gasteiger partial charge in [-0.1, -0.05) is 36.0 Å². The second-order valence-corrected chi connectivity index (χ2v) is 6.93. The molecule has 26 heavy (non-hydrogen) atoms. The molecule has 3 aromatic rings. The van der Waals surface area contributed by atoms with Crippen molar-refractivity contribution in [3.63, 3.8) is 0 Å². The number of amides is 1. The highest BCUT2D eigenvalue weighted by Gasteiger charge is 2.17. The standard InChI is InChI=1S/C19H22N4O2S/c1-4-23-18(16-10-6-5-8-14(16)2)20-21-19(23)26-13-17(24)22(3)12-15-9-7-11-25-15/h5-11H,4,12-13H2,1-3H3. The van der Waals surface area contributed by atoms with E-state index in [1.54, 1.807) is 18.2 Å². The van der Waals surface area contributed by atoms with Gasteiger partial charge in [0.2, 0.25) is 5.91 Å². The normalized spacial score (nSPS) is 10.9. The van der Waals surface area contributed by atoms with Crippen LogP contribution in [0.25, 0.3) is 11.4 Å². The molecular formula is C19H22N4O2S. The van der Waals surface area contributed by atoms with Gasteiger partial charge in [-0.2, -0.15) is 0 Å². The molecule has 6 nitrogen and oxygen atoms in total. The first kappa shape index (κ1) is 18.3. The van der Waals surface area contributed by atoms with Gasteiger partial charge in [0.1, 0.15) is 5.76 Å². The van der Waals surface area contributed by atoms with Gasteiger partial charge < -0.3 is 13.9 Å². The molecule has 0 aliphatic heterocycles. The second kappa shape index (κ2) is 8.23. The summed E-state index contributed by atoms with van der Waals surface area (Å²) in [4.78, 5) is 14.0. The average Bonchev–Trinajstić information content (AvgIpc) is 3.29. The smallest absolute Gasteiger partial charge is 0.233 e. The average molecular weight is 370 g/mol. The minimum Gasteiger partial charge on any atom is -0.467 e. The number of aryl methyl sites for hydroxylation is 1. The van der Waals surface area contributed by atoms with E-state index in [2.05, 4.69) is 30.1 Å². The summed E-state index contributed by atoms with van der Waals surface area (Å²) in [6.07, 6.45) is 1.61. The predicted octanol–water partition coefficient (Wildman–Crippen LogP) is 3.62. The molecule has 0 saturated heterocycles. The van der Waals surface area contributed by atoms with Crippen molar-refractivity contribution in [2.45, 2.75) is 32.1 Å². The Bertz CT molecular complexity index is 874. The van der Waals surface area contributed by atoms with Crippen molar-refractivity contribution in [2.75, 3.05) is 12.8 Å². The molecule has 2 aromatic heterocycles. The fourth-order valence-electron chi connectivity index (χ4n) is 2.66. The van der Waals surface area contributed by atoms with Crippen LogP contribution in [0, 0.1) is 6.92 Å². The first-order valence-corrected chi connectivity index (χ1v) is 9.47. The zero-order valence-corrected chi connectivity index (χ0v) is 16.0. The van der Waals surface area contributed by atoms with Crippen LogP contribution in [0.5, 0.6) is 0 Å². The van der Waals surface area contributed by atoms with Crippen molar-refractivity contribution in [1.82, 2.24) is 19.7 Å². The van der Waals surface area contributed by atoms with Crippen LogP contribution >= 0.6 is 11.8 Å². The molecule has 7 heteroatoms. The van der Waals surface area contributed by atoms with Gasteiger partial charge in [0.05, 0.1) is 18.6 Å². The summed E-state index contributed by atoms with van der Waals surface area (Å²) < 4.78 is 7.34. The highest BCUT2D eigenvalue weighted by atomic mass is 32.2. The molecule has 1 aromatic carbocycles. The third-order valence-corrected chi connectivity index (χ3v) is 5.09. The van der Waals surface area contributed by atoms with Gasteiger partial charge in [0, 0.05) is 19.2 Å². The Morgan fingerprint density at radius 1 is 1.23 bits per heavy atom. The van der Waals surface area contributed by atoms with E-state index in [9.17, 15) is 4.79 Å². The quantitative estimate of drug-likeness (QED) is 0.595. The molecule has 0 radical (unpaired) electrons. The minimum atomic E-state index is 0.0227. The summed E-state index contributed by atoms with van der Waals surface area (Å²) in [5, 5.41) is 9.41. The van der Waals surface area contributed by atoms with Gasteiger partial charge in [-0.25, -0.2) is 0 Å². The third-order valence-electron chi connectivity index (χ3n) is 4.14. The van der Waals surface area contributed by atoms with Crippen LogP contribution in [0.15, 0.2) is 52.2 Å². The lowest BCUT2D eigenvalue weighted by Crippen LogP contribution is -2.27. The minimum absolute atomic E-state index is 0.0227. The lowest BCUT2D eigenvalue weighted by molar-refractivity contribution is -0.127. The second-order valence-electron chi connectivity index (χ2n) is 5.98. The van der Waals surface area contributed by atoms with E-state index in [-0.39, 0.29) is 5.91 Å². The van der Waals surface area contributed by atoms with Gasteiger partial charge in [0.25, 0.3) is 0 Å². The lowest BCUT2D eigenvalue weighted by Gasteiger charge is -2.15. The number of benzene rings is 1. The molecule has 136 valence electrons. The summed E-state index contributed by atoms with van der Waals surface area (Å²) >= 11 is 1.41. The number of furan rings is 1. The molecule has 0 N–H and O–H groups in total. The Morgan fingerprint density at radius 2 is 2.04 bits per heavy atom. The number of rotatable bonds is 7. The van der Waals surface area contributed by atoms with Crippen molar-refractivity contribution < 1.29 is 9.21 Å². The summed E-state index contributed by atoms with van der Waals surface area (Å²) in [6.45, 7) is 5.32. The lowest BCUT2D eigenvalue weighted by atomic mass is 10.1. The van der Waals surface area contributed by atoms with E-state index in [0.29, 0.717) is 12.3 Å². The molecule has 0 bridgehead atoms. The first-order chi connectivity index (χ1) is 12.6. The number of thioether (sulfide) groups is 1. The summed E-state index contributed by atoms with van der Waals surface area (Å²) in [6, 6.07) is 11.8. The van der Waals surface area contributed by atoms with E-state index in [0.717, 1.165) is 34.4 Å². The maximum atomic E-state index is 12.4. The molecule has 0 aliphatic rings. The maximum Gasteiger partial charge on any atom is 0.233 e. The molecule has 0 spiro atoms. The molecule has 1 amide bonds. The number of nitrogens with zero attached hydrogens (tertiary/aromatic N) is 4. The molecule has 0 aliphatic carbocycles. The largest absolute Gasteiger partial charge is 0.467 e. The highest BCUT2D eigenvalue weighted by Crippen LogP contribution is 2.26. The topological polar surface area (TPSA) is 64.2 Å². The fraction of sp³-hybridized carbons (Fsp3) is 0.316. The Balaban J connectivity index is 1.69. The van der Waals surface area contributed by atoms with Gasteiger partial charge in [-0.3, -0.25) is 4.79 Å². The van der Waals surface area contributed by atoms with Crippen LogP contribution in [0.1, 0.15) is 18.2 Å². The Kier molecular flexibility index (Phi) is 5.78. The Morgan fingerprint density at radius 3 is 2.73 bits per heavy atom. The summed E-state index contributed by atoms with van der Waals surface area (Å²) in [7, 11) is 1.77. The van der Waals surface area contributed by atoms with Gasteiger partial charge in [-0.15, -0.1) is 10.2 Å². The fourth-order valence-corrected chi connectivity index (χ4v) is 3.61. The van der Waals surface area contributed by atoms with Gasteiger partial charge in [0.15, 0.2) is 11.0 Å². The maximum absolute atomic E-state index is 12.4. The Labute approximate surface area is 157 Å². The Hall–Kier alpha value is -2.54. The van der Waals surface area contributed by atoms with Gasteiger partial charge >= 0.3 is 0 Å². The molecule has 0 atom stereocenters. The number of hydrogen-bond donors (Lipinski definition) is 0. The first-order valence-electron chi connectivity index (χ1n) is 8.48. The van der Waals surface area contributed by atoms with Crippen LogP contribution in [0.4, 0.5) is 0 Å². The van der Waals surface area contributed by atoms with E-state index >= 15 is 0 Å². The number of carbonyl (C=O) groups excluding carboxylic acids is 1. The van der Waals surface area contributed by atoms with Crippen molar-refractivity contribution in [1.29, 1.82) is 0 Å². The number of hydrogen-bond acceptors (Lipinski definition) is 5. The molecular weight excluding hydrogens is 348 g/mol. The van der Waals surface area contributed by atoms with E-state index < -0.39 is 0 Å². The molecule has 0 unspecified atom stereocenters. The van der Waals surface area contributed by atoms with Crippen LogP contribution in [-0.4, -0.2) is 38.4 Å². The predicted molar refractivity (Wildman–Crippen MR) is 102 cm³/mol. The molecule has 2 heterocycles. The highest BCUT2D eigenvalue weighted by molar-refractivity contribution is 7.99. The number of carbonyl (C=O) groups is 1. The van der Waals surface area contributed by atoms with Crippen molar-refractivity contribution >= 4 is 17.7 Å². The number of aromatic nitrogens is 3.